The van der Waals surface area contributed by atoms with E-state index in [2.05, 4.69) is 263 Å². The molecule has 0 fully saturated rings. The maximum atomic E-state index is 7.51. The van der Waals surface area contributed by atoms with Gasteiger partial charge in [0.2, 0.25) is 0 Å². The molecule has 0 N–H and O–H groups in total. The van der Waals surface area contributed by atoms with Gasteiger partial charge >= 0.3 is 0 Å². The van der Waals surface area contributed by atoms with Crippen LogP contribution in [0.1, 0.15) is 12.5 Å². The number of fused-ring (bicyclic) bond motifs is 9. The number of para-hydroxylation sites is 4. The maximum absolute atomic E-state index is 7.51. The second-order valence-corrected chi connectivity index (χ2v) is 18.4. The minimum absolute atomic E-state index is 0.0781. The Balaban J connectivity index is 1.02. The normalized spacial score (nSPS) is 14.2. The van der Waals surface area contributed by atoms with E-state index in [0.29, 0.717) is 0 Å². The molecule has 10 aromatic carbocycles. The molecule has 11 aromatic rings. The molecule has 0 amide bonds. The van der Waals surface area contributed by atoms with E-state index < -0.39 is 0 Å². The average molecular weight is 898 g/mol. The first-order valence-electron chi connectivity index (χ1n) is 24.1. The van der Waals surface area contributed by atoms with Crippen molar-refractivity contribution in [2.75, 3.05) is 9.80 Å². The van der Waals surface area contributed by atoms with Crippen molar-refractivity contribution in [2.45, 2.75) is 12.5 Å². The molecule has 0 radical (unpaired) electrons. The number of benzene rings is 10. The summed E-state index contributed by atoms with van der Waals surface area (Å²) in [5.74, 6) is 3.30. The lowest BCUT2D eigenvalue weighted by molar-refractivity contribution is 0.468. The highest BCUT2D eigenvalue weighted by Crippen LogP contribution is 2.48. The molecular weight excluding hydrogens is 854 g/mol. The minimum Gasteiger partial charge on any atom is -0.458 e. The topological polar surface area (TPSA) is 29.9 Å². The molecule has 2 aliphatic heterocycles. The second-order valence-electron chi connectivity index (χ2n) is 18.4. The van der Waals surface area contributed by atoms with Crippen LogP contribution in [-0.2, 0) is 0 Å². The lowest BCUT2D eigenvalue weighted by atomic mass is 9.34. The van der Waals surface area contributed by atoms with Crippen LogP contribution in [-0.4, -0.2) is 11.3 Å². The fourth-order valence-electron chi connectivity index (χ4n) is 11.3. The van der Waals surface area contributed by atoms with E-state index in [-0.39, 0.29) is 12.8 Å². The van der Waals surface area contributed by atoms with Crippen LogP contribution in [0.3, 0.4) is 0 Å². The van der Waals surface area contributed by atoms with E-state index in [1.165, 1.54) is 21.9 Å². The Morgan fingerprint density at radius 1 is 0.443 bits per heavy atom. The number of rotatable bonds is 8. The van der Waals surface area contributed by atoms with E-state index in [4.69, 9.17) is 9.47 Å². The monoisotopic (exact) mass is 897 g/mol. The molecule has 3 aliphatic rings. The van der Waals surface area contributed by atoms with Gasteiger partial charge in [-0.1, -0.05) is 164 Å². The van der Waals surface area contributed by atoms with Crippen molar-refractivity contribution in [3.8, 4) is 34.1 Å². The summed E-state index contributed by atoms with van der Waals surface area (Å²) >= 11 is 0. The molecular formula is C64H44BN3O2. The molecule has 0 saturated carbocycles. The number of anilines is 6. The summed E-state index contributed by atoms with van der Waals surface area (Å²) in [6.07, 6.45) is 9.80. The van der Waals surface area contributed by atoms with Gasteiger partial charge in [-0.25, -0.2) is 0 Å². The highest BCUT2D eigenvalue weighted by molar-refractivity contribution is 6.98. The van der Waals surface area contributed by atoms with Gasteiger partial charge in [-0.05, 0) is 106 Å². The summed E-state index contributed by atoms with van der Waals surface area (Å²) in [7, 11) is 0. The van der Waals surface area contributed by atoms with E-state index in [0.717, 1.165) is 102 Å². The van der Waals surface area contributed by atoms with Crippen LogP contribution in [0, 0.1) is 0 Å². The molecule has 1 unspecified atom stereocenters. The highest BCUT2D eigenvalue weighted by Gasteiger charge is 2.43. The third-order valence-corrected chi connectivity index (χ3v) is 14.3. The van der Waals surface area contributed by atoms with Crippen LogP contribution >= 0.6 is 0 Å². The molecule has 1 aromatic heterocycles. The Hall–Kier alpha value is -9.00. The van der Waals surface area contributed by atoms with Gasteiger partial charge in [0, 0.05) is 68.6 Å². The number of aromatic nitrogens is 1. The standard InChI is InChI=1S/C64H44BN3O2/c1-6-21-45(22-7-1)66(46-23-8-2-9-24-46)50-34-37-55-59(40-50)69-61-42-58-62(54-36-33-44(39-57(54)68(58)49-29-14-5-15-30-49)53-32-18-20-43-19-16-17-31-52(43)53)64-63(61)65(55)56-38-35-51(41-60(56)70-64)67(47-25-10-3-11-26-47)48-27-12-4-13-28-48/h1-29,31-42,49H,30H2. The first-order valence-corrected chi connectivity index (χ1v) is 24.1. The Labute approximate surface area is 407 Å². The third kappa shape index (κ3) is 6.48. The van der Waals surface area contributed by atoms with Gasteiger partial charge in [0.25, 0.3) is 6.71 Å². The molecule has 6 heteroatoms. The van der Waals surface area contributed by atoms with Crippen molar-refractivity contribution in [3.05, 3.63) is 249 Å². The van der Waals surface area contributed by atoms with Crippen molar-refractivity contribution >= 4 is 89.8 Å². The largest absolute Gasteiger partial charge is 0.458 e. The molecule has 70 heavy (non-hydrogen) atoms. The van der Waals surface area contributed by atoms with Crippen LogP contribution < -0.4 is 35.7 Å². The molecule has 5 nitrogen and oxygen atoms in total. The van der Waals surface area contributed by atoms with Crippen molar-refractivity contribution < 1.29 is 9.47 Å². The van der Waals surface area contributed by atoms with Crippen LogP contribution in [0.15, 0.2) is 249 Å². The van der Waals surface area contributed by atoms with E-state index in [1.54, 1.807) is 0 Å². The first-order chi connectivity index (χ1) is 34.7. The Morgan fingerprint density at radius 2 is 1.01 bits per heavy atom. The molecule has 0 saturated heterocycles. The summed E-state index contributed by atoms with van der Waals surface area (Å²) in [6.45, 7) is -0.167. The molecule has 330 valence electrons. The molecule has 1 atom stereocenters. The van der Waals surface area contributed by atoms with E-state index in [1.807, 2.05) is 0 Å². The number of hydrogen-bond donors (Lipinski definition) is 0. The Bertz CT molecular complexity index is 3790. The van der Waals surface area contributed by atoms with Crippen molar-refractivity contribution in [2.24, 2.45) is 0 Å². The lowest BCUT2D eigenvalue weighted by Gasteiger charge is -2.35. The van der Waals surface area contributed by atoms with Crippen molar-refractivity contribution in [1.82, 2.24) is 4.57 Å². The van der Waals surface area contributed by atoms with Gasteiger partial charge in [0.05, 0.1) is 17.1 Å². The van der Waals surface area contributed by atoms with Gasteiger partial charge in [-0.2, -0.15) is 0 Å². The molecule has 0 bridgehead atoms. The zero-order chi connectivity index (χ0) is 46.1. The van der Waals surface area contributed by atoms with Crippen molar-refractivity contribution in [1.29, 1.82) is 0 Å². The van der Waals surface area contributed by atoms with Gasteiger partial charge in [-0.3, -0.25) is 0 Å². The maximum Gasteiger partial charge on any atom is 0.260 e. The molecule has 14 rings (SSSR count). The molecule has 1 aliphatic carbocycles. The predicted molar refractivity (Wildman–Crippen MR) is 291 cm³/mol. The van der Waals surface area contributed by atoms with E-state index >= 15 is 0 Å². The molecule has 3 heterocycles. The van der Waals surface area contributed by atoms with Crippen LogP contribution in [0.5, 0.6) is 23.0 Å². The lowest BCUT2D eigenvalue weighted by Crippen LogP contribution is -2.57. The summed E-state index contributed by atoms with van der Waals surface area (Å²) < 4.78 is 17.3. The van der Waals surface area contributed by atoms with Crippen LogP contribution in [0.2, 0.25) is 0 Å². The summed E-state index contributed by atoms with van der Waals surface area (Å²) in [5.41, 5.74) is 14.2. The quantitative estimate of drug-likeness (QED) is 0.142. The van der Waals surface area contributed by atoms with Gasteiger partial charge in [0.1, 0.15) is 23.0 Å². The number of nitrogens with zero attached hydrogens (tertiary/aromatic N) is 3. The third-order valence-electron chi connectivity index (χ3n) is 14.3. The molecule has 0 spiro atoms. The van der Waals surface area contributed by atoms with Gasteiger partial charge in [0.15, 0.2) is 0 Å². The fraction of sp³-hybridized carbons (Fsp3) is 0.0312. The smallest absolute Gasteiger partial charge is 0.260 e. The number of allylic oxidation sites excluding steroid dienone is 4. The Kier molecular flexibility index (Phi) is 9.37. The zero-order valence-electron chi connectivity index (χ0n) is 38.2. The zero-order valence-corrected chi connectivity index (χ0v) is 38.2. The van der Waals surface area contributed by atoms with Crippen LogP contribution in [0.4, 0.5) is 34.1 Å². The van der Waals surface area contributed by atoms with Crippen molar-refractivity contribution in [3.63, 3.8) is 0 Å². The SMILES string of the molecule is C1=CCC(n2c3cc(-c4cccc5ccccc45)ccc3c3c4c5c(cc32)Oc2cc(N(c3ccccc3)c3ccccc3)ccc2B5c2ccc(N(c3ccccc3)c3ccccc3)cc2O4)C=C1. The number of hydrogen-bond acceptors (Lipinski definition) is 4. The van der Waals surface area contributed by atoms with Crippen LogP contribution in [0.25, 0.3) is 43.7 Å². The van der Waals surface area contributed by atoms with Gasteiger partial charge in [-0.15, -0.1) is 0 Å². The second kappa shape index (κ2) is 16.4. The summed E-state index contributed by atoms with van der Waals surface area (Å²) in [6, 6.07) is 80.4. The van der Waals surface area contributed by atoms with E-state index in [9.17, 15) is 0 Å². The summed E-state index contributed by atoms with van der Waals surface area (Å²) in [4.78, 5) is 4.61. The fourth-order valence-corrected chi connectivity index (χ4v) is 11.3. The van der Waals surface area contributed by atoms with Gasteiger partial charge < -0.3 is 23.8 Å². The Morgan fingerprint density at radius 3 is 1.61 bits per heavy atom. The highest BCUT2D eigenvalue weighted by atomic mass is 16.5. The summed E-state index contributed by atoms with van der Waals surface area (Å²) in [5, 5.41) is 4.70. The number of ether oxygens (including phenoxy) is 2. The average Bonchev–Trinajstić information content (AvgIpc) is 3.76. The first kappa shape index (κ1) is 40.1. The predicted octanol–water partition coefficient (Wildman–Crippen LogP) is 15.3. The minimum atomic E-state index is -0.167.